The molecule has 31 heavy (non-hydrogen) atoms. The van der Waals surface area contributed by atoms with Crippen molar-refractivity contribution < 1.29 is 14.2 Å². The van der Waals surface area contributed by atoms with Crippen molar-refractivity contribution in [2.24, 2.45) is 0 Å². The minimum Gasteiger partial charge on any atom is -0.457 e. The highest BCUT2D eigenvalue weighted by molar-refractivity contribution is 5.80. The first-order chi connectivity index (χ1) is 15.2. The zero-order valence-corrected chi connectivity index (χ0v) is 16.4. The second-order valence-electron chi connectivity index (χ2n) is 6.74. The Morgan fingerprint density at radius 1 is 0.742 bits per heavy atom. The van der Waals surface area contributed by atoms with Crippen LogP contribution in [0.25, 0.3) is 0 Å². The van der Waals surface area contributed by atoms with Crippen molar-refractivity contribution in [2.45, 2.75) is 0 Å². The summed E-state index contributed by atoms with van der Waals surface area (Å²) in [4.78, 5) is 8.51. The van der Waals surface area contributed by atoms with E-state index >= 15 is 0 Å². The lowest BCUT2D eigenvalue weighted by molar-refractivity contribution is 0.174. The number of nitrogen functional groups attached to an aromatic ring is 1. The molecule has 0 aliphatic carbocycles. The van der Waals surface area contributed by atoms with Crippen LogP contribution in [-0.2, 0) is 0 Å². The van der Waals surface area contributed by atoms with E-state index < -0.39 is 0 Å². The van der Waals surface area contributed by atoms with Crippen LogP contribution in [0.2, 0.25) is 0 Å². The van der Waals surface area contributed by atoms with Crippen molar-refractivity contribution in [1.82, 2.24) is 9.97 Å². The van der Waals surface area contributed by atoms with Crippen LogP contribution in [0.1, 0.15) is 0 Å². The average molecular weight is 413 g/mol. The van der Waals surface area contributed by atoms with Crippen molar-refractivity contribution in [3.8, 4) is 23.0 Å². The Morgan fingerprint density at radius 2 is 1.39 bits per heavy atom. The second kappa shape index (κ2) is 8.11. The van der Waals surface area contributed by atoms with Gasteiger partial charge >= 0.3 is 0 Å². The number of para-hydroxylation sites is 1. The summed E-state index contributed by atoms with van der Waals surface area (Å²) in [6, 6.07) is 22.7. The number of nitrogens with zero attached hydrogens (tertiary/aromatic N) is 2. The van der Waals surface area contributed by atoms with Gasteiger partial charge in [-0.25, -0.2) is 9.97 Å². The summed E-state index contributed by atoms with van der Waals surface area (Å²) in [6.07, 6.45) is 1.45. The zero-order chi connectivity index (χ0) is 21.0. The molecular weight excluding hydrogens is 394 g/mol. The van der Waals surface area contributed by atoms with Gasteiger partial charge in [0.05, 0.1) is 0 Å². The third-order valence-corrected chi connectivity index (χ3v) is 4.62. The molecule has 0 spiro atoms. The summed E-state index contributed by atoms with van der Waals surface area (Å²) in [7, 11) is 0. The second-order valence-corrected chi connectivity index (χ2v) is 6.74. The molecule has 4 aromatic rings. The lowest BCUT2D eigenvalue weighted by Gasteiger charge is -2.13. The number of anilines is 5. The first-order valence-corrected chi connectivity index (χ1v) is 9.62. The molecule has 0 radical (unpaired) electrons. The summed E-state index contributed by atoms with van der Waals surface area (Å²) in [5, 5.41) is 6.41. The van der Waals surface area contributed by atoms with Crippen molar-refractivity contribution in [3.05, 3.63) is 79.1 Å². The van der Waals surface area contributed by atoms with E-state index in [0.717, 1.165) is 22.9 Å². The number of benzene rings is 3. The lowest BCUT2D eigenvalue weighted by atomic mass is 10.2. The number of hydrogen-bond acceptors (Lipinski definition) is 8. The molecule has 0 saturated carbocycles. The SMILES string of the molecule is Nc1c(Nc2ccc(Oc3ccccc3)cc2)ncnc1Nc1ccc2c(c1)OCO2. The molecule has 0 atom stereocenters. The van der Waals surface area contributed by atoms with Gasteiger partial charge in [0.2, 0.25) is 6.79 Å². The van der Waals surface area contributed by atoms with Crippen molar-refractivity contribution in [2.75, 3.05) is 23.2 Å². The number of fused-ring (bicyclic) bond motifs is 1. The first-order valence-electron chi connectivity index (χ1n) is 9.62. The minimum atomic E-state index is 0.220. The topological polar surface area (TPSA) is 104 Å². The van der Waals surface area contributed by atoms with Crippen LogP contribution in [0.15, 0.2) is 79.1 Å². The maximum atomic E-state index is 6.29. The Kier molecular flexibility index (Phi) is 4.86. The summed E-state index contributed by atoms with van der Waals surface area (Å²) >= 11 is 0. The standard InChI is InChI=1S/C23H19N5O3/c24-21-22(27-15-6-9-18(10-7-15)31-17-4-2-1-3-5-17)25-13-26-23(21)28-16-8-11-19-20(12-16)30-14-29-19/h1-13H,14,24H2,(H2,25,26,27,28). The molecule has 0 saturated heterocycles. The molecule has 154 valence electrons. The van der Waals surface area contributed by atoms with Gasteiger partial charge in [0, 0.05) is 17.4 Å². The molecule has 0 amide bonds. The maximum Gasteiger partial charge on any atom is 0.231 e. The van der Waals surface area contributed by atoms with Crippen molar-refractivity contribution in [1.29, 1.82) is 0 Å². The van der Waals surface area contributed by atoms with Crippen LogP contribution in [0.5, 0.6) is 23.0 Å². The van der Waals surface area contributed by atoms with Crippen LogP contribution in [0, 0.1) is 0 Å². The number of nitrogens with one attached hydrogen (secondary N) is 2. The van der Waals surface area contributed by atoms with Gasteiger partial charge in [-0.05, 0) is 48.5 Å². The fourth-order valence-electron chi connectivity index (χ4n) is 3.07. The summed E-state index contributed by atoms with van der Waals surface area (Å²) in [5.41, 5.74) is 8.29. The van der Waals surface area contributed by atoms with Gasteiger partial charge in [-0.2, -0.15) is 0 Å². The molecule has 1 aromatic heterocycles. The molecule has 8 heteroatoms. The van der Waals surface area contributed by atoms with Crippen molar-refractivity contribution in [3.63, 3.8) is 0 Å². The Labute approximate surface area is 178 Å². The summed E-state index contributed by atoms with van der Waals surface area (Å²) in [5.74, 6) is 3.88. The van der Waals surface area contributed by atoms with E-state index in [2.05, 4.69) is 20.6 Å². The average Bonchev–Trinajstić information content (AvgIpc) is 3.26. The highest BCUT2D eigenvalue weighted by atomic mass is 16.7. The molecule has 1 aliphatic heterocycles. The van der Waals surface area contributed by atoms with E-state index in [-0.39, 0.29) is 6.79 Å². The Bertz CT molecular complexity index is 1200. The van der Waals surface area contributed by atoms with E-state index in [4.69, 9.17) is 19.9 Å². The summed E-state index contributed by atoms with van der Waals surface area (Å²) < 4.78 is 16.6. The number of rotatable bonds is 6. The predicted molar refractivity (Wildman–Crippen MR) is 119 cm³/mol. The quantitative estimate of drug-likeness (QED) is 0.403. The van der Waals surface area contributed by atoms with Gasteiger partial charge in [-0.3, -0.25) is 0 Å². The van der Waals surface area contributed by atoms with E-state index in [9.17, 15) is 0 Å². The fraction of sp³-hybridized carbons (Fsp3) is 0.0435. The van der Waals surface area contributed by atoms with Crippen LogP contribution in [-0.4, -0.2) is 16.8 Å². The normalized spacial score (nSPS) is 11.7. The monoisotopic (exact) mass is 413 g/mol. The molecule has 0 bridgehead atoms. The highest BCUT2D eigenvalue weighted by Crippen LogP contribution is 2.36. The number of hydrogen-bond donors (Lipinski definition) is 3. The van der Waals surface area contributed by atoms with Gasteiger partial charge in [0.1, 0.15) is 23.5 Å². The van der Waals surface area contributed by atoms with Gasteiger partial charge in [0.25, 0.3) is 0 Å². The fourth-order valence-corrected chi connectivity index (χ4v) is 3.07. The number of ether oxygens (including phenoxy) is 3. The van der Waals surface area contributed by atoms with Gasteiger partial charge < -0.3 is 30.6 Å². The third-order valence-electron chi connectivity index (χ3n) is 4.62. The van der Waals surface area contributed by atoms with Crippen LogP contribution < -0.4 is 30.6 Å². The van der Waals surface area contributed by atoms with Gasteiger partial charge in [-0.1, -0.05) is 18.2 Å². The van der Waals surface area contributed by atoms with E-state index in [1.807, 2.05) is 72.8 Å². The molecule has 1 aliphatic rings. The van der Waals surface area contributed by atoms with E-state index in [0.29, 0.717) is 28.8 Å². The molecule has 4 N–H and O–H groups in total. The predicted octanol–water partition coefficient (Wildman–Crippen LogP) is 5.07. The molecule has 2 heterocycles. The van der Waals surface area contributed by atoms with Crippen LogP contribution >= 0.6 is 0 Å². The number of aromatic nitrogens is 2. The Hall–Kier alpha value is -4.46. The van der Waals surface area contributed by atoms with Crippen molar-refractivity contribution >= 4 is 28.7 Å². The van der Waals surface area contributed by atoms with Crippen LogP contribution in [0.3, 0.4) is 0 Å². The van der Waals surface area contributed by atoms with Crippen LogP contribution in [0.4, 0.5) is 28.7 Å². The Balaban J connectivity index is 1.30. The lowest BCUT2D eigenvalue weighted by Crippen LogP contribution is -2.05. The molecule has 5 rings (SSSR count). The van der Waals surface area contributed by atoms with E-state index in [1.165, 1.54) is 6.33 Å². The zero-order valence-electron chi connectivity index (χ0n) is 16.4. The highest BCUT2D eigenvalue weighted by Gasteiger charge is 2.15. The minimum absolute atomic E-state index is 0.220. The molecule has 3 aromatic carbocycles. The Morgan fingerprint density at radius 3 is 2.16 bits per heavy atom. The third kappa shape index (κ3) is 4.13. The number of nitrogens with two attached hydrogens (primary N) is 1. The molecule has 0 fully saturated rings. The smallest absolute Gasteiger partial charge is 0.231 e. The first kappa shape index (κ1) is 18.6. The maximum absolute atomic E-state index is 6.29. The molecule has 8 nitrogen and oxygen atoms in total. The van der Waals surface area contributed by atoms with E-state index in [1.54, 1.807) is 0 Å². The van der Waals surface area contributed by atoms with Gasteiger partial charge in [0.15, 0.2) is 23.1 Å². The van der Waals surface area contributed by atoms with Gasteiger partial charge in [-0.15, -0.1) is 0 Å². The summed E-state index contributed by atoms with van der Waals surface area (Å²) in [6.45, 7) is 0.220. The molecular formula is C23H19N5O3. The largest absolute Gasteiger partial charge is 0.457 e. The molecule has 0 unspecified atom stereocenters.